The van der Waals surface area contributed by atoms with Crippen LogP contribution in [0.15, 0.2) is 0 Å². The van der Waals surface area contributed by atoms with Crippen LogP contribution in [-0.4, -0.2) is 36.8 Å². The van der Waals surface area contributed by atoms with Crippen molar-refractivity contribution in [2.24, 2.45) is 5.92 Å². The Balaban J connectivity index is 2.22. The summed E-state index contributed by atoms with van der Waals surface area (Å²) in [5.41, 5.74) is 0. The highest BCUT2D eigenvalue weighted by Crippen LogP contribution is 2.15. The van der Waals surface area contributed by atoms with Crippen molar-refractivity contribution in [2.75, 3.05) is 19.7 Å². The Hall–Kier alpha value is -0.610. The van der Waals surface area contributed by atoms with Crippen LogP contribution in [0.25, 0.3) is 0 Å². The van der Waals surface area contributed by atoms with Crippen molar-refractivity contribution in [3.8, 4) is 0 Å². The van der Waals surface area contributed by atoms with Crippen molar-refractivity contribution in [3.63, 3.8) is 0 Å². The molecule has 1 fully saturated rings. The molecule has 1 amide bonds. The second-order valence-electron chi connectivity index (χ2n) is 4.58. The molecular weight excluding hydrogens is 204 g/mol. The summed E-state index contributed by atoms with van der Waals surface area (Å²) in [6.07, 6.45) is 4.39. The standard InChI is InChI=1S/C12H24N2O2/c1-2-11(5-8-15)14-12(16)9-10-3-6-13-7-4-10/h10-11,13,15H,2-9H2,1H3,(H,14,16). The number of aliphatic hydroxyl groups is 1. The van der Waals surface area contributed by atoms with Crippen molar-refractivity contribution < 1.29 is 9.90 Å². The van der Waals surface area contributed by atoms with Gasteiger partial charge in [-0.25, -0.2) is 0 Å². The topological polar surface area (TPSA) is 61.4 Å². The van der Waals surface area contributed by atoms with Gasteiger partial charge in [-0.2, -0.15) is 0 Å². The molecule has 0 bridgehead atoms. The van der Waals surface area contributed by atoms with E-state index in [0.29, 0.717) is 18.8 Å². The van der Waals surface area contributed by atoms with Gasteiger partial charge in [-0.3, -0.25) is 4.79 Å². The van der Waals surface area contributed by atoms with Gasteiger partial charge in [0, 0.05) is 19.1 Å². The molecule has 1 saturated heterocycles. The molecular formula is C12H24N2O2. The van der Waals surface area contributed by atoms with Crippen LogP contribution < -0.4 is 10.6 Å². The fraction of sp³-hybridized carbons (Fsp3) is 0.917. The number of carbonyl (C=O) groups excluding carboxylic acids is 1. The van der Waals surface area contributed by atoms with Crippen LogP contribution in [0.3, 0.4) is 0 Å². The van der Waals surface area contributed by atoms with Crippen molar-refractivity contribution in [1.82, 2.24) is 10.6 Å². The molecule has 0 saturated carbocycles. The van der Waals surface area contributed by atoms with Gasteiger partial charge in [-0.15, -0.1) is 0 Å². The minimum absolute atomic E-state index is 0.138. The highest BCUT2D eigenvalue weighted by atomic mass is 16.3. The van der Waals surface area contributed by atoms with Gasteiger partial charge in [-0.1, -0.05) is 6.92 Å². The van der Waals surface area contributed by atoms with Gasteiger partial charge >= 0.3 is 0 Å². The number of nitrogens with one attached hydrogen (secondary N) is 2. The zero-order valence-electron chi connectivity index (χ0n) is 10.2. The first-order valence-corrected chi connectivity index (χ1v) is 6.37. The van der Waals surface area contributed by atoms with E-state index < -0.39 is 0 Å². The molecule has 0 aromatic carbocycles. The lowest BCUT2D eigenvalue weighted by Gasteiger charge is -2.23. The van der Waals surface area contributed by atoms with Crippen molar-refractivity contribution in [1.29, 1.82) is 0 Å². The number of amides is 1. The van der Waals surface area contributed by atoms with Crippen LogP contribution in [0.1, 0.15) is 39.0 Å². The van der Waals surface area contributed by atoms with Crippen molar-refractivity contribution >= 4 is 5.91 Å². The van der Waals surface area contributed by atoms with Crippen molar-refractivity contribution in [3.05, 3.63) is 0 Å². The van der Waals surface area contributed by atoms with Crippen LogP contribution >= 0.6 is 0 Å². The van der Waals surface area contributed by atoms with Gasteiger partial charge < -0.3 is 15.7 Å². The van der Waals surface area contributed by atoms with Crippen LogP contribution in [0.4, 0.5) is 0 Å². The molecule has 0 aromatic heterocycles. The number of carbonyl (C=O) groups is 1. The minimum Gasteiger partial charge on any atom is -0.396 e. The van der Waals surface area contributed by atoms with Gasteiger partial charge in [0.25, 0.3) is 0 Å². The largest absolute Gasteiger partial charge is 0.396 e. The SMILES string of the molecule is CCC(CCO)NC(=O)CC1CCNCC1. The molecule has 4 nitrogen and oxygen atoms in total. The highest BCUT2D eigenvalue weighted by Gasteiger charge is 2.18. The zero-order chi connectivity index (χ0) is 11.8. The Morgan fingerprint density at radius 1 is 1.50 bits per heavy atom. The van der Waals surface area contributed by atoms with E-state index >= 15 is 0 Å². The second-order valence-corrected chi connectivity index (χ2v) is 4.58. The first-order chi connectivity index (χ1) is 7.76. The summed E-state index contributed by atoms with van der Waals surface area (Å²) in [6, 6.07) is 0.138. The summed E-state index contributed by atoms with van der Waals surface area (Å²) in [7, 11) is 0. The Labute approximate surface area is 97.8 Å². The molecule has 4 heteroatoms. The third-order valence-corrected chi connectivity index (χ3v) is 3.27. The Morgan fingerprint density at radius 3 is 2.75 bits per heavy atom. The predicted molar refractivity (Wildman–Crippen MR) is 64.1 cm³/mol. The summed E-state index contributed by atoms with van der Waals surface area (Å²) in [6.45, 7) is 4.24. The van der Waals surface area contributed by atoms with E-state index in [9.17, 15) is 4.79 Å². The van der Waals surface area contributed by atoms with Crippen LogP contribution in [0.2, 0.25) is 0 Å². The molecule has 3 N–H and O–H groups in total. The monoisotopic (exact) mass is 228 g/mol. The second kappa shape index (κ2) is 7.63. The van der Waals surface area contributed by atoms with Gasteiger partial charge in [0.2, 0.25) is 5.91 Å². The number of aliphatic hydroxyl groups excluding tert-OH is 1. The summed E-state index contributed by atoms with van der Waals surface area (Å²) in [4.78, 5) is 11.7. The van der Waals surface area contributed by atoms with E-state index in [2.05, 4.69) is 10.6 Å². The third kappa shape index (κ3) is 4.94. The summed E-state index contributed by atoms with van der Waals surface area (Å²) < 4.78 is 0. The molecule has 0 radical (unpaired) electrons. The fourth-order valence-electron chi connectivity index (χ4n) is 2.17. The van der Waals surface area contributed by atoms with E-state index in [1.807, 2.05) is 6.92 Å². The fourth-order valence-corrected chi connectivity index (χ4v) is 2.17. The number of piperidine rings is 1. The maximum absolute atomic E-state index is 11.7. The number of hydrogen-bond donors (Lipinski definition) is 3. The van der Waals surface area contributed by atoms with Gasteiger partial charge in [0.05, 0.1) is 0 Å². The van der Waals surface area contributed by atoms with Gasteiger partial charge in [0.1, 0.15) is 0 Å². The quantitative estimate of drug-likeness (QED) is 0.625. The molecule has 1 rings (SSSR count). The van der Waals surface area contributed by atoms with Gasteiger partial charge in [-0.05, 0) is 44.7 Å². The molecule has 0 aliphatic carbocycles. The average Bonchev–Trinajstić information content (AvgIpc) is 2.29. The Kier molecular flexibility index (Phi) is 6.42. The molecule has 1 aliphatic heterocycles. The summed E-state index contributed by atoms with van der Waals surface area (Å²) in [5, 5.41) is 15.1. The minimum atomic E-state index is 0.138. The highest BCUT2D eigenvalue weighted by molar-refractivity contribution is 5.76. The summed E-state index contributed by atoms with van der Waals surface area (Å²) in [5.74, 6) is 0.681. The summed E-state index contributed by atoms with van der Waals surface area (Å²) >= 11 is 0. The normalized spacial score (nSPS) is 19.4. The lowest BCUT2D eigenvalue weighted by molar-refractivity contribution is -0.123. The van der Waals surface area contributed by atoms with Gasteiger partial charge in [0.15, 0.2) is 0 Å². The number of rotatable bonds is 6. The first kappa shape index (κ1) is 13.5. The lowest BCUT2D eigenvalue weighted by Crippen LogP contribution is -2.37. The molecule has 1 aliphatic rings. The third-order valence-electron chi connectivity index (χ3n) is 3.27. The molecule has 0 spiro atoms. The molecule has 1 unspecified atom stereocenters. The molecule has 16 heavy (non-hydrogen) atoms. The Morgan fingerprint density at radius 2 is 2.19 bits per heavy atom. The van der Waals surface area contributed by atoms with E-state index in [0.717, 1.165) is 32.4 Å². The van der Waals surface area contributed by atoms with E-state index in [4.69, 9.17) is 5.11 Å². The maximum atomic E-state index is 11.7. The zero-order valence-corrected chi connectivity index (χ0v) is 10.2. The van der Waals surface area contributed by atoms with E-state index in [-0.39, 0.29) is 18.6 Å². The van der Waals surface area contributed by atoms with Crippen molar-refractivity contribution in [2.45, 2.75) is 45.1 Å². The predicted octanol–water partition coefficient (Wildman–Crippen LogP) is 0.653. The van der Waals surface area contributed by atoms with E-state index in [1.165, 1.54) is 0 Å². The maximum Gasteiger partial charge on any atom is 0.220 e. The lowest BCUT2D eigenvalue weighted by atomic mass is 9.94. The average molecular weight is 228 g/mol. The molecule has 1 heterocycles. The molecule has 94 valence electrons. The Bertz CT molecular complexity index is 194. The first-order valence-electron chi connectivity index (χ1n) is 6.37. The molecule has 1 atom stereocenters. The van der Waals surface area contributed by atoms with Crippen LogP contribution in [0, 0.1) is 5.92 Å². The smallest absolute Gasteiger partial charge is 0.220 e. The van der Waals surface area contributed by atoms with Crippen LogP contribution in [0.5, 0.6) is 0 Å². The van der Waals surface area contributed by atoms with Crippen LogP contribution in [-0.2, 0) is 4.79 Å². The number of hydrogen-bond acceptors (Lipinski definition) is 3. The van der Waals surface area contributed by atoms with E-state index in [1.54, 1.807) is 0 Å². The molecule has 0 aromatic rings.